The third-order valence-corrected chi connectivity index (χ3v) is 5.40. The number of anilines is 1. The molecule has 0 bridgehead atoms. The van der Waals surface area contributed by atoms with E-state index in [1.165, 1.54) is 4.90 Å². The Kier molecular flexibility index (Phi) is 5.38. The number of hydrogen-bond donors (Lipinski definition) is 1. The SMILES string of the molecule is CCc1ccc(N2C(=O)C(=O)/C(=C(\O)c3cccc(Cl)c3)C2c2cccnc2)cc1. The third kappa shape index (κ3) is 3.48. The smallest absolute Gasteiger partial charge is 0.300 e. The van der Waals surface area contributed by atoms with Gasteiger partial charge in [0.2, 0.25) is 0 Å². The van der Waals surface area contributed by atoms with Crippen molar-refractivity contribution in [2.75, 3.05) is 4.90 Å². The van der Waals surface area contributed by atoms with Crippen LogP contribution in [0.15, 0.2) is 78.6 Å². The Bertz CT molecular complexity index is 1140. The highest BCUT2D eigenvalue weighted by Gasteiger charge is 2.47. The van der Waals surface area contributed by atoms with Crippen LogP contribution in [0.1, 0.15) is 29.7 Å². The number of Topliss-reactive ketones (excluding diaryl/α,β-unsaturated/α-hetero) is 1. The number of aryl methyl sites for hydroxylation is 1. The minimum absolute atomic E-state index is 0.00911. The Morgan fingerprint density at radius 1 is 1.10 bits per heavy atom. The van der Waals surface area contributed by atoms with Gasteiger partial charge in [-0.15, -0.1) is 0 Å². The summed E-state index contributed by atoms with van der Waals surface area (Å²) in [7, 11) is 0. The topological polar surface area (TPSA) is 70.5 Å². The summed E-state index contributed by atoms with van der Waals surface area (Å²) in [6.45, 7) is 2.04. The quantitative estimate of drug-likeness (QED) is 0.370. The highest BCUT2D eigenvalue weighted by Crippen LogP contribution is 2.42. The zero-order valence-electron chi connectivity index (χ0n) is 16.2. The summed E-state index contributed by atoms with van der Waals surface area (Å²) in [6, 6.07) is 16.7. The number of nitrogens with zero attached hydrogens (tertiary/aromatic N) is 2. The van der Waals surface area contributed by atoms with Crippen molar-refractivity contribution in [3.05, 3.63) is 100 Å². The van der Waals surface area contributed by atoms with Gasteiger partial charge in [0, 0.05) is 28.7 Å². The molecule has 5 nitrogen and oxygen atoms in total. The molecule has 0 saturated carbocycles. The maximum absolute atomic E-state index is 13.0. The molecule has 1 aliphatic heterocycles. The predicted octanol–water partition coefficient (Wildman–Crippen LogP) is 4.92. The number of pyridine rings is 1. The fourth-order valence-corrected chi connectivity index (χ4v) is 3.83. The second-order valence-corrected chi connectivity index (χ2v) is 7.42. The number of halogens is 1. The number of carbonyl (C=O) groups is 2. The zero-order valence-corrected chi connectivity index (χ0v) is 17.0. The molecule has 6 heteroatoms. The lowest BCUT2D eigenvalue weighted by molar-refractivity contribution is -0.132. The monoisotopic (exact) mass is 418 g/mol. The lowest BCUT2D eigenvalue weighted by Crippen LogP contribution is -2.29. The molecule has 1 amide bonds. The van der Waals surface area contributed by atoms with Crippen LogP contribution in [-0.2, 0) is 16.0 Å². The summed E-state index contributed by atoms with van der Waals surface area (Å²) >= 11 is 6.06. The van der Waals surface area contributed by atoms with Gasteiger partial charge in [-0.05, 0) is 47.9 Å². The number of aromatic nitrogens is 1. The van der Waals surface area contributed by atoms with E-state index in [4.69, 9.17) is 11.6 Å². The second-order valence-electron chi connectivity index (χ2n) is 6.99. The normalized spacial score (nSPS) is 18.1. The van der Waals surface area contributed by atoms with Crippen molar-refractivity contribution < 1.29 is 14.7 Å². The minimum Gasteiger partial charge on any atom is -0.507 e. The van der Waals surface area contributed by atoms with E-state index in [0.717, 1.165) is 12.0 Å². The standard InChI is InChI=1S/C24H19ClN2O3/c1-2-15-8-10-19(11-9-15)27-21(17-6-4-12-26-14-17)20(23(29)24(27)30)22(28)16-5-3-7-18(25)13-16/h3-14,21,28H,2H2,1H3/b22-20-. The molecule has 1 N–H and O–H groups in total. The first-order valence-electron chi connectivity index (χ1n) is 9.57. The first-order valence-corrected chi connectivity index (χ1v) is 9.95. The fraction of sp³-hybridized carbons (Fsp3) is 0.125. The van der Waals surface area contributed by atoms with Crippen LogP contribution in [-0.4, -0.2) is 21.8 Å². The van der Waals surface area contributed by atoms with Crippen LogP contribution in [0.25, 0.3) is 5.76 Å². The Balaban J connectivity index is 1.92. The van der Waals surface area contributed by atoms with Gasteiger partial charge in [-0.25, -0.2) is 0 Å². The van der Waals surface area contributed by atoms with Gasteiger partial charge in [-0.2, -0.15) is 0 Å². The molecule has 1 fully saturated rings. The average molecular weight is 419 g/mol. The van der Waals surface area contributed by atoms with E-state index in [1.54, 1.807) is 48.8 Å². The molecule has 0 aliphatic carbocycles. The molecule has 1 aliphatic rings. The summed E-state index contributed by atoms with van der Waals surface area (Å²) in [5, 5.41) is 11.4. The molecule has 150 valence electrons. The largest absolute Gasteiger partial charge is 0.507 e. The van der Waals surface area contributed by atoms with E-state index in [1.807, 2.05) is 31.2 Å². The number of hydrogen-bond acceptors (Lipinski definition) is 4. The molecular weight excluding hydrogens is 400 g/mol. The van der Waals surface area contributed by atoms with Crippen molar-refractivity contribution in [3.8, 4) is 0 Å². The Labute approximate surface area is 179 Å². The number of benzene rings is 2. The van der Waals surface area contributed by atoms with E-state index < -0.39 is 17.7 Å². The first kappa shape index (κ1) is 19.9. The van der Waals surface area contributed by atoms with Gasteiger partial charge in [0.1, 0.15) is 5.76 Å². The molecule has 30 heavy (non-hydrogen) atoms. The number of aliphatic hydroxyl groups excluding tert-OH is 1. The molecule has 1 saturated heterocycles. The van der Waals surface area contributed by atoms with Gasteiger partial charge in [0.25, 0.3) is 11.7 Å². The maximum Gasteiger partial charge on any atom is 0.300 e. The average Bonchev–Trinajstić information content (AvgIpc) is 3.04. The van der Waals surface area contributed by atoms with E-state index >= 15 is 0 Å². The summed E-state index contributed by atoms with van der Waals surface area (Å²) in [5.41, 5.74) is 2.70. The molecule has 0 spiro atoms. The minimum atomic E-state index is -0.801. The number of ketones is 1. The molecule has 2 aromatic carbocycles. The van der Waals surface area contributed by atoms with Crippen LogP contribution >= 0.6 is 11.6 Å². The Morgan fingerprint density at radius 2 is 1.87 bits per heavy atom. The molecule has 0 radical (unpaired) electrons. The molecule has 1 aromatic heterocycles. The van der Waals surface area contributed by atoms with Crippen LogP contribution in [0.5, 0.6) is 0 Å². The van der Waals surface area contributed by atoms with Crippen LogP contribution in [0, 0.1) is 0 Å². The van der Waals surface area contributed by atoms with E-state index in [2.05, 4.69) is 4.98 Å². The Morgan fingerprint density at radius 3 is 2.50 bits per heavy atom. The van der Waals surface area contributed by atoms with Crippen molar-refractivity contribution in [1.29, 1.82) is 0 Å². The van der Waals surface area contributed by atoms with Gasteiger partial charge in [-0.3, -0.25) is 19.5 Å². The van der Waals surface area contributed by atoms with Crippen LogP contribution in [0.3, 0.4) is 0 Å². The van der Waals surface area contributed by atoms with E-state index in [-0.39, 0.29) is 11.3 Å². The van der Waals surface area contributed by atoms with Crippen molar-refractivity contribution in [2.45, 2.75) is 19.4 Å². The molecule has 1 unspecified atom stereocenters. The van der Waals surface area contributed by atoms with Crippen molar-refractivity contribution in [3.63, 3.8) is 0 Å². The van der Waals surface area contributed by atoms with Gasteiger partial charge >= 0.3 is 0 Å². The number of rotatable bonds is 4. The summed E-state index contributed by atoms with van der Waals surface area (Å²) < 4.78 is 0. The lowest BCUT2D eigenvalue weighted by Gasteiger charge is -2.25. The lowest BCUT2D eigenvalue weighted by atomic mass is 9.96. The zero-order chi connectivity index (χ0) is 21.3. The summed E-state index contributed by atoms with van der Waals surface area (Å²) in [4.78, 5) is 31.6. The van der Waals surface area contributed by atoms with Crippen molar-refractivity contribution >= 4 is 34.7 Å². The van der Waals surface area contributed by atoms with Crippen molar-refractivity contribution in [1.82, 2.24) is 4.98 Å². The highest BCUT2D eigenvalue weighted by atomic mass is 35.5. The molecular formula is C24H19ClN2O3. The number of amides is 1. The van der Waals surface area contributed by atoms with Gasteiger partial charge in [-0.1, -0.05) is 48.9 Å². The number of carbonyl (C=O) groups excluding carboxylic acids is 2. The van der Waals surface area contributed by atoms with E-state index in [0.29, 0.717) is 21.8 Å². The highest BCUT2D eigenvalue weighted by molar-refractivity contribution is 6.51. The third-order valence-electron chi connectivity index (χ3n) is 5.17. The van der Waals surface area contributed by atoms with Crippen LogP contribution < -0.4 is 4.90 Å². The number of aliphatic hydroxyl groups is 1. The molecule has 2 heterocycles. The fourth-order valence-electron chi connectivity index (χ4n) is 3.64. The van der Waals surface area contributed by atoms with Gasteiger partial charge < -0.3 is 5.11 Å². The molecule has 3 aromatic rings. The molecule has 4 rings (SSSR count). The first-order chi connectivity index (χ1) is 14.5. The van der Waals surface area contributed by atoms with Crippen molar-refractivity contribution in [2.24, 2.45) is 0 Å². The maximum atomic E-state index is 13.0. The van der Waals surface area contributed by atoms with E-state index in [9.17, 15) is 14.7 Å². The summed E-state index contributed by atoms with van der Waals surface area (Å²) in [6.07, 6.45) is 4.07. The van der Waals surface area contributed by atoms with Gasteiger partial charge in [0.15, 0.2) is 0 Å². The van der Waals surface area contributed by atoms with Gasteiger partial charge in [0.05, 0.1) is 11.6 Å². The summed E-state index contributed by atoms with van der Waals surface area (Å²) in [5.74, 6) is -1.71. The Hall–Kier alpha value is -3.44. The predicted molar refractivity (Wildman–Crippen MR) is 116 cm³/mol. The van der Waals surface area contributed by atoms with Crippen LogP contribution in [0.2, 0.25) is 5.02 Å². The van der Waals surface area contributed by atoms with Crippen LogP contribution in [0.4, 0.5) is 5.69 Å². The second kappa shape index (κ2) is 8.13. The molecule has 1 atom stereocenters.